The van der Waals surface area contributed by atoms with Gasteiger partial charge < -0.3 is 14.5 Å². The number of nitrogens with zero attached hydrogens (tertiary/aromatic N) is 1. The first-order chi connectivity index (χ1) is 13.1. The van der Waals surface area contributed by atoms with Crippen LogP contribution in [-0.2, 0) is 9.53 Å². The number of hydrogen-bond acceptors (Lipinski definition) is 5. The number of carbonyl (C=O) groups excluding carboxylic acids is 1. The van der Waals surface area contributed by atoms with Crippen molar-refractivity contribution in [1.82, 2.24) is 10.3 Å². The predicted octanol–water partition coefficient (Wildman–Crippen LogP) is 4.55. The predicted molar refractivity (Wildman–Crippen MR) is 105 cm³/mol. The van der Waals surface area contributed by atoms with Gasteiger partial charge in [-0.1, -0.05) is 17.7 Å². The third kappa shape index (κ3) is 3.99. The molecule has 140 valence electrons. The summed E-state index contributed by atoms with van der Waals surface area (Å²) in [6.07, 6.45) is 2.19. The van der Waals surface area contributed by atoms with Crippen molar-refractivity contribution in [3.8, 4) is 11.5 Å². The summed E-state index contributed by atoms with van der Waals surface area (Å²) in [5.41, 5.74) is 3.12. The van der Waals surface area contributed by atoms with Gasteiger partial charge in [0.15, 0.2) is 5.58 Å². The number of carbonyl (C=O) groups is 1. The Morgan fingerprint density at radius 2 is 2.15 bits per heavy atom. The van der Waals surface area contributed by atoms with Crippen LogP contribution >= 0.6 is 11.6 Å². The van der Waals surface area contributed by atoms with Crippen LogP contribution in [0.5, 0.6) is 0 Å². The van der Waals surface area contributed by atoms with Crippen molar-refractivity contribution in [1.29, 1.82) is 0 Å². The minimum atomic E-state index is -0.355. The summed E-state index contributed by atoms with van der Waals surface area (Å²) in [6.45, 7) is 3.28. The van der Waals surface area contributed by atoms with Gasteiger partial charge in [-0.15, -0.1) is 0 Å². The van der Waals surface area contributed by atoms with Crippen molar-refractivity contribution < 1.29 is 13.9 Å². The van der Waals surface area contributed by atoms with Crippen molar-refractivity contribution >= 4 is 28.7 Å². The van der Waals surface area contributed by atoms with Gasteiger partial charge >= 0.3 is 5.97 Å². The van der Waals surface area contributed by atoms with Gasteiger partial charge in [-0.2, -0.15) is 0 Å². The molecule has 1 aliphatic rings. The number of fused-ring (bicyclic) bond motifs is 1. The molecule has 0 amide bonds. The van der Waals surface area contributed by atoms with E-state index in [0.717, 1.165) is 36.0 Å². The first kappa shape index (κ1) is 18.0. The second kappa shape index (κ2) is 7.71. The molecule has 6 heteroatoms. The quantitative estimate of drug-likeness (QED) is 0.654. The number of ether oxygens (including phenoxy) is 1. The van der Waals surface area contributed by atoms with Crippen LogP contribution < -0.4 is 5.32 Å². The van der Waals surface area contributed by atoms with Crippen molar-refractivity contribution in [3.05, 3.63) is 53.1 Å². The number of esters is 1. The molecule has 0 saturated carbocycles. The van der Waals surface area contributed by atoms with Gasteiger partial charge in [0.25, 0.3) is 0 Å². The zero-order valence-electron chi connectivity index (χ0n) is 15.1. The van der Waals surface area contributed by atoms with Gasteiger partial charge in [0, 0.05) is 16.6 Å². The Morgan fingerprint density at radius 1 is 1.33 bits per heavy atom. The van der Waals surface area contributed by atoms with Gasteiger partial charge in [-0.05, 0) is 68.3 Å². The first-order valence-electron chi connectivity index (χ1n) is 9.16. The summed E-state index contributed by atoms with van der Waals surface area (Å²) in [6, 6.07) is 13.2. The van der Waals surface area contributed by atoms with Crippen LogP contribution in [0.15, 0.2) is 46.9 Å². The molecule has 1 aliphatic heterocycles. The Kier molecular flexibility index (Phi) is 5.14. The highest BCUT2D eigenvalue weighted by molar-refractivity contribution is 6.30. The van der Waals surface area contributed by atoms with Gasteiger partial charge in [0.05, 0.1) is 5.92 Å². The maximum atomic E-state index is 12.4. The van der Waals surface area contributed by atoms with E-state index in [2.05, 4.69) is 10.3 Å². The van der Waals surface area contributed by atoms with Crippen LogP contribution in [0.1, 0.15) is 31.2 Å². The first-order valence-corrected chi connectivity index (χ1v) is 9.54. The highest BCUT2D eigenvalue weighted by atomic mass is 35.5. The zero-order chi connectivity index (χ0) is 18.8. The fourth-order valence-electron chi connectivity index (χ4n) is 3.27. The van der Waals surface area contributed by atoms with Crippen molar-refractivity contribution in [2.75, 3.05) is 13.2 Å². The Hall–Kier alpha value is -2.37. The SMILES string of the molecule is CC(C(=O)OCC1CCCN1)c1ccc2oc(-c3ccc(Cl)cc3)nc2c1. The molecular formula is C21H21ClN2O3. The summed E-state index contributed by atoms with van der Waals surface area (Å²) >= 11 is 5.93. The average Bonchev–Trinajstić information content (AvgIpc) is 3.35. The number of rotatable bonds is 5. The second-order valence-electron chi connectivity index (χ2n) is 6.90. The molecule has 27 heavy (non-hydrogen) atoms. The van der Waals surface area contributed by atoms with Gasteiger partial charge in [-0.25, -0.2) is 4.98 Å². The van der Waals surface area contributed by atoms with Crippen LogP contribution in [0.2, 0.25) is 5.02 Å². The van der Waals surface area contributed by atoms with Gasteiger partial charge in [0.2, 0.25) is 5.89 Å². The highest BCUT2D eigenvalue weighted by Crippen LogP contribution is 2.28. The molecule has 0 radical (unpaired) electrons. The molecule has 1 fully saturated rings. The Morgan fingerprint density at radius 3 is 2.89 bits per heavy atom. The van der Waals surface area contributed by atoms with E-state index < -0.39 is 0 Å². The Labute approximate surface area is 162 Å². The normalized spacial score (nSPS) is 17.9. The molecule has 2 aromatic carbocycles. The maximum absolute atomic E-state index is 12.4. The summed E-state index contributed by atoms with van der Waals surface area (Å²) in [7, 11) is 0. The lowest BCUT2D eigenvalue weighted by Crippen LogP contribution is -2.29. The maximum Gasteiger partial charge on any atom is 0.313 e. The molecule has 2 atom stereocenters. The average molecular weight is 385 g/mol. The Balaban J connectivity index is 1.50. The number of halogens is 1. The van der Waals surface area contributed by atoms with Crippen molar-refractivity contribution in [3.63, 3.8) is 0 Å². The summed E-state index contributed by atoms with van der Waals surface area (Å²) in [5, 5.41) is 3.99. The van der Waals surface area contributed by atoms with Crippen LogP contribution in [0, 0.1) is 0 Å². The second-order valence-corrected chi connectivity index (χ2v) is 7.33. The number of oxazole rings is 1. The molecule has 0 spiro atoms. The van der Waals surface area contributed by atoms with Crippen molar-refractivity contribution in [2.45, 2.75) is 31.7 Å². The third-order valence-corrected chi connectivity index (χ3v) is 5.20. The van der Waals surface area contributed by atoms with E-state index >= 15 is 0 Å². The monoisotopic (exact) mass is 384 g/mol. The van der Waals surface area contributed by atoms with E-state index in [0.29, 0.717) is 23.1 Å². The number of aromatic nitrogens is 1. The minimum absolute atomic E-state index is 0.218. The van der Waals surface area contributed by atoms with Gasteiger partial charge in [-0.3, -0.25) is 4.79 Å². The van der Waals surface area contributed by atoms with E-state index in [-0.39, 0.29) is 17.9 Å². The lowest BCUT2D eigenvalue weighted by Gasteiger charge is -2.14. The minimum Gasteiger partial charge on any atom is -0.464 e. The van der Waals surface area contributed by atoms with Crippen LogP contribution in [0.3, 0.4) is 0 Å². The molecule has 1 saturated heterocycles. The van der Waals surface area contributed by atoms with Crippen LogP contribution in [-0.4, -0.2) is 30.1 Å². The molecule has 1 N–H and O–H groups in total. The van der Waals surface area contributed by atoms with E-state index in [9.17, 15) is 4.79 Å². The molecule has 0 bridgehead atoms. The fraction of sp³-hybridized carbons (Fsp3) is 0.333. The fourth-order valence-corrected chi connectivity index (χ4v) is 3.40. The van der Waals surface area contributed by atoms with E-state index in [1.165, 1.54) is 0 Å². The largest absolute Gasteiger partial charge is 0.464 e. The number of benzene rings is 2. The van der Waals surface area contributed by atoms with E-state index in [1.54, 1.807) is 12.1 Å². The summed E-state index contributed by atoms with van der Waals surface area (Å²) < 4.78 is 11.3. The zero-order valence-corrected chi connectivity index (χ0v) is 15.8. The summed E-state index contributed by atoms with van der Waals surface area (Å²) in [4.78, 5) is 16.9. The molecule has 0 aliphatic carbocycles. The van der Waals surface area contributed by atoms with Crippen LogP contribution in [0.4, 0.5) is 0 Å². The number of nitrogens with one attached hydrogen (secondary N) is 1. The van der Waals surface area contributed by atoms with Crippen molar-refractivity contribution in [2.24, 2.45) is 0 Å². The van der Waals surface area contributed by atoms with E-state index in [4.69, 9.17) is 20.8 Å². The Bertz CT molecular complexity index is 946. The molecule has 2 heterocycles. The molecule has 3 aromatic rings. The standard InChI is InChI=1S/C21H21ClN2O3/c1-13(21(25)26-12-17-3-2-10-23-17)15-6-9-19-18(11-15)24-20(27-19)14-4-7-16(22)8-5-14/h4-9,11,13,17,23H,2-3,10,12H2,1H3. The molecule has 5 nitrogen and oxygen atoms in total. The summed E-state index contributed by atoms with van der Waals surface area (Å²) in [5.74, 6) is -0.0442. The van der Waals surface area contributed by atoms with Crippen LogP contribution in [0.25, 0.3) is 22.6 Å². The van der Waals surface area contributed by atoms with Gasteiger partial charge in [0.1, 0.15) is 12.1 Å². The highest BCUT2D eigenvalue weighted by Gasteiger charge is 2.21. The lowest BCUT2D eigenvalue weighted by molar-refractivity contribution is -0.145. The smallest absolute Gasteiger partial charge is 0.313 e. The third-order valence-electron chi connectivity index (χ3n) is 4.95. The molecular weight excluding hydrogens is 364 g/mol. The van der Waals surface area contributed by atoms with E-state index in [1.807, 2.05) is 37.3 Å². The lowest BCUT2D eigenvalue weighted by atomic mass is 10.0. The number of hydrogen-bond donors (Lipinski definition) is 1. The molecule has 1 aromatic heterocycles. The molecule has 4 rings (SSSR count). The topological polar surface area (TPSA) is 64.4 Å². The molecule has 2 unspecified atom stereocenters.